The molecule has 1 saturated heterocycles. The average molecular weight is 351 g/mol. The van der Waals surface area contributed by atoms with Crippen LogP contribution in [0, 0.1) is 0 Å². The molecule has 24 heavy (non-hydrogen) atoms. The first-order valence-electron chi connectivity index (χ1n) is 8.80. The summed E-state index contributed by atoms with van der Waals surface area (Å²) in [6, 6.07) is 7.62. The van der Waals surface area contributed by atoms with Gasteiger partial charge in [-0.25, -0.2) is 4.79 Å². The first-order chi connectivity index (χ1) is 11.6. The van der Waals surface area contributed by atoms with Gasteiger partial charge < -0.3 is 20.3 Å². The van der Waals surface area contributed by atoms with Gasteiger partial charge in [-0.1, -0.05) is 6.92 Å². The number of quaternary nitrogens is 1. The van der Waals surface area contributed by atoms with Crippen LogP contribution < -0.4 is 15.5 Å². The van der Waals surface area contributed by atoms with Crippen molar-refractivity contribution in [3.63, 3.8) is 0 Å². The minimum atomic E-state index is -0.300. The van der Waals surface area contributed by atoms with Gasteiger partial charge >= 0.3 is 5.97 Å². The van der Waals surface area contributed by atoms with E-state index in [-0.39, 0.29) is 5.97 Å². The second kappa shape index (κ2) is 9.59. The third-order valence-electron chi connectivity index (χ3n) is 4.29. The van der Waals surface area contributed by atoms with E-state index >= 15 is 0 Å². The lowest BCUT2D eigenvalue weighted by atomic mass is 10.1. The average Bonchev–Trinajstić information content (AvgIpc) is 2.58. The highest BCUT2D eigenvalue weighted by Crippen LogP contribution is 2.11. The van der Waals surface area contributed by atoms with E-state index in [0.717, 1.165) is 18.5 Å². The largest absolute Gasteiger partial charge is 0.462 e. The van der Waals surface area contributed by atoms with Gasteiger partial charge in [-0.05, 0) is 49.8 Å². The molecule has 2 rings (SSSR count). The number of likely N-dealkylation sites (tertiary alicyclic amines) is 1. The van der Waals surface area contributed by atoms with E-state index in [1.807, 2.05) is 12.1 Å². The second-order valence-electron chi connectivity index (χ2n) is 6.17. The van der Waals surface area contributed by atoms with Gasteiger partial charge in [0.05, 0.1) is 31.8 Å². The highest BCUT2D eigenvalue weighted by Gasteiger charge is 2.21. The van der Waals surface area contributed by atoms with Crippen LogP contribution in [-0.4, -0.2) is 43.4 Å². The van der Waals surface area contributed by atoms with Crippen molar-refractivity contribution in [3.05, 3.63) is 29.8 Å². The van der Waals surface area contributed by atoms with E-state index in [2.05, 4.69) is 17.6 Å². The van der Waals surface area contributed by atoms with Crippen LogP contribution in [-0.2, 0) is 4.74 Å². The molecule has 1 heterocycles. The number of hydrogen-bond acceptors (Lipinski definition) is 3. The highest BCUT2D eigenvalue weighted by molar-refractivity contribution is 7.80. The molecule has 0 aliphatic carbocycles. The molecule has 0 saturated carbocycles. The highest BCUT2D eigenvalue weighted by atomic mass is 32.1. The fourth-order valence-electron chi connectivity index (χ4n) is 3.03. The molecular weight excluding hydrogens is 322 g/mol. The Kier molecular flexibility index (Phi) is 7.46. The maximum Gasteiger partial charge on any atom is 0.338 e. The number of piperidine rings is 1. The fraction of sp³-hybridized carbons (Fsp3) is 0.556. The SMILES string of the molecule is CCC[NH+]1CCC(NC(=S)Nc2ccc(C(=O)OCC)cc2)CC1. The van der Waals surface area contributed by atoms with Gasteiger partial charge in [-0.3, -0.25) is 0 Å². The van der Waals surface area contributed by atoms with E-state index in [1.165, 1.54) is 26.1 Å². The quantitative estimate of drug-likeness (QED) is 0.538. The lowest BCUT2D eigenvalue weighted by Gasteiger charge is -2.30. The van der Waals surface area contributed by atoms with Gasteiger partial charge in [0.15, 0.2) is 5.11 Å². The molecule has 1 aliphatic rings. The summed E-state index contributed by atoms with van der Waals surface area (Å²) in [5.74, 6) is -0.300. The lowest BCUT2D eigenvalue weighted by molar-refractivity contribution is -0.905. The number of carbonyl (C=O) groups excluding carboxylic acids is 1. The molecule has 6 heteroatoms. The predicted octanol–water partition coefficient (Wildman–Crippen LogP) is 1.61. The first kappa shape index (κ1) is 18.7. The van der Waals surface area contributed by atoms with Crippen molar-refractivity contribution in [2.24, 2.45) is 0 Å². The molecule has 3 N–H and O–H groups in total. The number of rotatable bonds is 6. The number of ether oxygens (including phenoxy) is 1. The van der Waals surface area contributed by atoms with Crippen molar-refractivity contribution < 1.29 is 14.4 Å². The van der Waals surface area contributed by atoms with Crippen molar-refractivity contribution in [3.8, 4) is 0 Å². The second-order valence-corrected chi connectivity index (χ2v) is 6.58. The van der Waals surface area contributed by atoms with Gasteiger partial charge in [0.25, 0.3) is 0 Å². The molecule has 0 unspecified atom stereocenters. The number of esters is 1. The van der Waals surface area contributed by atoms with E-state index in [4.69, 9.17) is 17.0 Å². The number of thiocarbonyl (C=S) groups is 1. The summed E-state index contributed by atoms with van der Waals surface area (Å²) in [5, 5.41) is 7.23. The number of benzene rings is 1. The minimum Gasteiger partial charge on any atom is -0.462 e. The zero-order valence-corrected chi connectivity index (χ0v) is 15.4. The Balaban J connectivity index is 1.77. The molecule has 0 radical (unpaired) electrons. The molecule has 1 aromatic carbocycles. The van der Waals surface area contributed by atoms with Crippen LogP contribution >= 0.6 is 12.2 Å². The zero-order chi connectivity index (χ0) is 17.4. The van der Waals surface area contributed by atoms with Gasteiger partial charge in [-0.15, -0.1) is 0 Å². The number of nitrogens with one attached hydrogen (secondary N) is 3. The van der Waals surface area contributed by atoms with Gasteiger partial charge in [-0.2, -0.15) is 0 Å². The Labute approximate surface area is 149 Å². The Morgan fingerprint density at radius 2 is 1.92 bits per heavy atom. The first-order valence-corrected chi connectivity index (χ1v) is 9.21. The lowest BCUT2D eigenvalue weighted by Crippen LogP contribution is -3.13. The Hall–Kier alpha value is -1.66. The topological polar surface area (TPSA) is 54.8 Å². The number of carbonyl (C=O) groups is 1. The van der Waals surface area contributed by atoms with E-state index in [9.17, 15) is 4.79 Å². The van der Waals surface area contributed by atoms with Crippen LogP contribution in [0.25, 0.3) is 0 Å². The van der Waals surface area contributed by atoms with Crippen molar-refractivity contribution in [1.82, 2.24) is 5.32 Å². The summed E-state index contributed by atoms with van der Waals surface area (Å²) in [6.07, 6.45) is 3.55. The molecule has 0 aromatic heterocycles. The van der Waals surface area contributed by atoms with Crippen LogP contribution in [0.4, 0.5) is 5.69 Å². The molecule has 1 aliphatic heterocycles. The third-order valence-corrected chi connectivity index (χ3v) is 4.51. The maximum absolute atomic E-state index is 11.6. The molecule has 0 bridgehead atoms. The molecule has 5 nitrogen and oxygen atoms in total. The summed E-state index contributed by atoms with van der Waals surface area (Å²) in [4.78, 5) is 13.3. The Morgan fingerprint density at radius 1 is 1.25 bits per heavy atom. The van der Waals surface area contributed by atoms with Gasteiger partial charge in [0, 0.05) is 24.6 Å². The summed E-state index contributed by atoms with van der Waals surface area (Å²) in [5.41, 5.74) is 1.42. The summed E-state index contributed by atoms with van der Waals surface area (Å²) >= 11 is 5.40. The Morgan fingerprint density at radius 3 is 2.50 bits per heavy atom. The normalized spacial score (nSPS) is 20.2. The van der Waals surface area contributed by atoms with Crippen LogP contribution in [0.2, 0.25) is 0 Å². The molecule has 0 spiro atoms. The summed E-state index contributed by atoms with van der Waals surface area (Å²) in [6.45, 7) is 8.11. The van der Waals surface area contributed by atoms with Crippen molar-refractivity contribution >= 4 is 29.0 Å². The van der Waals surface area contributed by atoms with E-state index < -0.39 is 0 Å². The minimum absolute atomic E-state index is 0.300. The molecule has 132 valence electrons. The monoisotopic (exact) mass is 350 g/mol. The van der Waals surface area contributed by atoms with Crippen LogP contribution in [0.3, 0.4) is 0 Å². The predicted molar refractivity (Wildman–Crippen MR) is 101 cm³/mol. The molecule has 1 fully saturated rings. The van der Waals surface area contributed by atoms with Crippen molar-refractivity contribution in [2.75, 3.05) is 31.6 Å². The van der Waals surface area contributed by atoms with Gasteiger partial charge in [0.1, 0.15) is 0 Å². The van der Waals surface area contributed by atoms with Gasteiger partial charge in [0.2, 0.25) is 0 Å². The standard InChI is InChI=1S/C18H27N3O2S/c1-3-11-21-12-9-16(10-13-21)20-18(24)19-15-7-5-14(6-8-15)17(22)23-4-2/h5-8,16H,3-4,9-13H2,1-2H3,(H2,19,20,24)/p+1. The van der Waals surface area contributed by atoms with Crippen molar-refractivity contribution in [2.45, 2.75) is 39.2 Å². The van der Waals surface area contributed by atoms with Crippen LogP contribution in [0.15, 0.2) is 24.3 Å². The number of hydrogen-bond donors (Lipinski definition) is 3. The molecule has 1 aromatic rings. The van der Waals surface area contributed by atoms with Crippen LogP contribution in [0.1, 0.15) is 43.5 Å². The maximum atomic E-state index is 11.6. The van der Waals surface area contributed by atoms with Crippen molar-refractivity contribution in [1.29, 1.82) is 0 Å². The zero-order valence-electron chi connectivity index (χ0n) is 14.6. The third kappa shape index (κ3) is 5.76. The van der Waals surface area contributed by atoms with Crippen LogP contribution in [0.5, 0.6) is 0 Å². The molecule has 0 amide bonds. The summed E-state index contributed by atoms with van der Waals surface area (Å²) < 4.78 is 4.98. The molecular formula is C18H28N3O2S+. The van der Waals surface area contributed by atoms with E-state index in [1.54, 1.807) is 24.0 Å². The molecule has 0 atom stereocenters. The smallest absolute Gasteiger partial charge is 0.338 e. The number of anilines is 1. The Bertz CT molecular complexity index is 540. The summed E-state index contributed by atoms with van der Waals surface area (Å²) in [7, 11) is 0. The van der Waals surface area contributed by atoms with E-state index in [0.29, 0.717) is 23.3 Å². The fourth-order valence-corrected chi connectivity index (χ4v) is 3.32.